The van der Waals surface area contributed by atoms with E-state index in [9.17, 15) is 13.6 Å². The van der Waals surface area contributed by atoms with E-state index in [2.05, 4.69) is 20.4 Å². The summed E-state index contributed by atoms with van der Waals surface area (Å²) in [5.74, 6) is -0.122. The first-order chi connectivity index (χ1) is 14.9. The number of carbonyl (C=O) groups excluding carboxylic acids is 1. The maximum atomic E-state index is 13.8. The van der Waals surface area contributed by atoms with Crippen molar-refractivity contribution in [2.24, 2.45) is 7.05 Å². The van der Waals surface area contributed by atoms with Gasteiger partial charge in [0.25, 0.3) is 12.3 Å². The number of alkyl halides is 2. The molecule has 1 fully saturated rings. The molecule has 0 saturated heterocycles. The highest BCUT2D eigenvalue weighted by molar-refractivity contribution is 5.84. The third kappa shape index (κ3) is 3.73. The summed E-state index contributed by atoms with van der Waals surface area (Å²) in [5, 5.41) is 7.75. The second kappa shape index (κ2) is 7.55. The largest absolute Gasteiger partial charge is 0.467 e. The van der Waals surface area contributed by atoms with Gasteiger partial charge in [-0.2, -0.15) is 10.1 Å². The van der Waals surface area contributed by atoms with E-state index in [0.29, 0.717) is 16.7 Å². The third-order valence-corrected chi connectivity index (χ3v) is 5.91. The number of halogens is 2. The van der Waals surface area contributed by atoms with E-state index in [1.54, 1.807) is 7.05 Å². The number of hydrogen-bond donors (Lipinski definition) is 1. The lowest BCUT2D eigenvalue weighted by molar-refractivity contribution is -0.123. The lowest BCUT2D eigenvalue weighted by atomic mass is 10.1. The van der Waals surface area contributed by atoms with Crippen LogP contribution in [0.5, 0.6) is 5.88 Å². The first-order valence-electron chi connectivity index (χ1n) is 10.4. The summed E-state index contributed by atoms with van der Waals surface area (Å²) in [5.41, 5.74) is 3.84. The molecule has 2 aliphatic rings. The van der Waals surface area contributed by atoms with Crippen LogP contribution in [0.1, 0.15) is 65.9 Å². The molecule has 0 spiro atoms. The van der Waals surface area contributed by atoms with Crippen LogP contribution in [0, 0.1) is 6.92 Å². The number of aromatic nitrogens is 4. The van der Waals surface area contributed by atoms with Gasteiger partial charge in [-0.05, 0) is 44.2 Å². The number of nitrogens with zero attached hydrogens (tertiary/aromatic N) is 4. The zero-order valence-electron chi connectivity index (χ0n) is 17.4. The van der Waals surface area contributed by atoms with Crippen molar-refractivity contribution in [2.45, 2.75) is 51.0 Å². The standard InChI is InChI=1S/C22H23F2N5O2/c1-11-3-6-13-15(25-11)7-8-16(13)26-17(30)10-31-18-9-14(21(23)24)19-20(12-4-5-12)28-29(2)22(19)27-18/h3,6,9,12,16,21H,4-5,7-8,10H2,1-2H3,(H,26,30)/t16-/m0/s1. The van der Waals surface area contributed by atoms with E-state index in [4.69, 9.17) is 4.74 Å². The van der Waals surface area contributed by atoms with E-state index in [1.807, 2.05) is 19.1 Å². The van der Waals surface area contributed by atoms with E-state index in [0.717, 1.165) is 42.6 Å². The summed E-state index contributed by atoms with van der Waals surface area (Å²) in [6.07, 6.45) is 0.798. The number of ether oxygens (including phenoxy) is 1. The van der Waals surface area contributed by atoms with Gasteiger partial charge in [0, 0.05) is 36.0 Å². The molecule has 0 unspecified atom stereocenters. The maximum absolute atomic E-state index is 13.8. The number of amides is 1. The summed E-state index contributed by atoms with van der Waals surface area (Å²) in [6, 6.07) is 5.02. The minimum Gasteiger partial charge on any atom is -0.467 e. The Balaban J connectivity index is 1.32. The van der Waals surface area contributed by atoms with Crippen LogP contribution >= 0.6 is 0 Å². The number of pyridine rings is 2. The first-order valence-corrected chi connectivity index (χ1v) is 10.4. The predicted molar refractivity (Wildman–Crippen MR) is 109 cm³/mol. The van der Waals surface area contributed by atoms with Gasteiger partial charge in [-0.3, -0.25) is 14.5 Å². The Bertz CT molecular complexity index is 1170. The number of aryl methyl sites for hydroxylation is 3. The molecule has 0 radical (unpaired) electrons. The molecule has 3 heterocycles. The van der Waals surface area contributed by atoms with Crippen LogP contribution in [0.25, 0.3) is 11.0 Å². The summed E-state index contributed by atoms with van der Waals surface area (Å²) in [4.78, 5) is 21.3. The number of carbonyl (C=O) groups is 1. The Morgan fingerprint density at radius 2 is 2.10 bits per heavy atom. The summed E-state index contributed by atoms with van der Waals surface area (Å²) < 4.78 is 34.6. The fraction of sp³-hybridized carbons (Fsp3) is 0.455. The molecular weight excluding hydrogens is 404 g/mol. The van der Waals surface area contributed by atoms with Gasteiger partial charge in [-0.25, -0.2) is 8.78 Å². The minimum atomic E-state index is -2.69. The zero-order valence-corrected chi connectivity index (χ0v) is 17.4. The van der Waals surface area contributed by atoms with Gasteiger partial charge >= 0.3 is 0 Å². The zero-order chi connectivity index (χ0) is 21.7. The molecule has 3 aromatic heterocycles. The van der Waals surface area contributed by atoms with Crippen LogP contribution in [0.15, 0.2) is 18.2 Å². The molecular formula is C22H23F2N5O2. The maximum Gasteiger partial charge on any atom is 0.264 e. The van der Waals surface area contributed by atoms with Crippen molar-refractivity contribution in [1.29, 1.82) is 0 Å². The number of hydrogen-bond acceptors (Lipinski definition) is 5. The molecule has 0 bridgehead atoms. The van der Waals surface area contributed by atoms with Gasteiger partial charge in [0.2, 0.25) is 5.88 Å². The van der Waals surface area contributed by atoms with Crippen molar-refractivity contribution < 1.29 is 18.3 Å². The Kier molecular flexibility index (Phi) is 4.83. The smallest absolute Gasteiger partial charge is 0.264 e. The van der Waals surface area contributed by atoms with Crippen LogP contribution in [0.4, 0.5) is 8.78 Å². The van der Waals surface area contributed by atoms with Crippen molar-refractivity contribution in [1.82, 2.24) is 25.1 Å². The monoisotopic (exact) mass is 427 g/mol. The average Bonchev–Trinajstić information content (AvgIpc) is 3.44. The van der Waals surface area contributed by atoms with Crippen LogP contribution in [0.3, 0.4) is 0 Å². The molecule has 1 saturated carbocycles. The van der Waals surface area contributed by atoms with Gasteiger partial charge in [0.05, 0.1) is 17.1 Å². The number of fused-ring (bicyclic) bond motifs is 2. The Morgan fingerprint density at radius 3 is 2.84 bits per heavy atom. The van der Waals surface area contributed by atoms with Gasteiger partial charge < -0.3 is 10.1 Å². The predicted octanol–water partition coefficient (Wildman–Crippen LogP) is 3.67. The van der Waals surface area contributed by atoms with Crippen molar-refractivity contribution in [3.05, 3.63) is 46.4 Å². The Morgan fingerprint density at radius 1 is 1.29 bits per heavy atom. The highest BCUT2D eigenvalue weighted by Crippen LogP contribution is 2.44. The molecule has 162 valence electrons. The molecule has 5 rings (SSSR count). The van der Waals surface area contributed by atoms with Gasteiger partial charge in [-0.15, -0.1) is 0 Å². The molecule has 1 N–H and O–H groups in total. The summed E-state index contributed by atoms with van der Waals surface area (Å²) >= 11 is 0. The van der Waals surface area contributed by atoms with Crippen molar-refractivity contribution >= 4 is 16.9 Å². The second-order valence-electron chi connectivity index (χ2n) is 8.27. The SMILES string of the molecule is Cc1ccc2c(n1)CC[C@@H]2NC(=O)COc1cc(C(F)F)c2c(C3CC3)nn(C)c2n1. The van der Waals surface area contributed by atoms with E-state index in [-0.39, 0.29) is 35.9 Å². The molecule has 0 aromatic carbocycles. The topological polar surface area (TPSA) is 81.9 Å². The van der Waals surface area contributed by atoms with E-state index < -0.39 is 6.43 Å². The Hall–Kier alpha value is -3.10. The fourth-order valence-electron chi connectivity index (χ4n) is 4.27. The van der Waals surface area contributed by atoms with Crippen molar-refractivity contribution in [2.75, 3.05) is 6.61 Å². The lowest BCUT2D eigenvalue weighted by Gasteiger charge is -2.14. The molecule has 3 aromatic rings. The second-order valence-corrected chi connectivity index (χ2v) is 8.27. The van der Waals surface area contributed by atoms with Gasteiger partial charge in [0.15, 0.2) is 12.3 Å². The number of nitrogens with one attached hydrogen (secondary N) is 1. The molecule has 2 aliphatic carbocycles. The first kappa shape index (κ1) is 19.8. The van der Waals surface area contributed by atoms with Crippen molar-refractivity contribution in [3.63, 3.8) is 0 Å². The van der Waals surface area contributed by atoms with Crippen molar-refractivity contribution in [3.8, 4) is 5.88 Å². The van der Waals surface area contributed by atoms with Crippen LogP contribution in [-0.4, -0.2) is 32.3 Å². The normalized spacial score (nSPS) is 17.9. The summed E-state index contributed by atoms with van der Waals surface area (Å²) in [7, 11) is 1.68. The highest BCUT2D eigenvalue weighted by atomic mass is 19.3. The van der Waals surface area contributed by atoms with Gasteiger partial charge in [0.1, 0.15) is 0 Å². The number of rotatable bonds is 6. The average molecular weight is 427 g/mol. The molecule has 1 atom stereocenters. The van der Waals surface area contributed by atoms with Crippen LogP contribution < -0.4 is 10.1 Å². The van der Waals surface area contributed by atoms with E-state index in [1.165, 1.54) is 10.7 Å². The molecule has 0 aliphatic heterocycles. The quantitative estimate of drug-likeness (QED) is 0.649. The lowest BCUT2D eigenvalue weighted by Crippen LogP contribution is -2.31. The molecule has 1 amide bonds. The third-order valence-electron chi connectivity index (χ3n) is 5.91. The van der Waals surface area contributed by atoms with E-state index >= 15 is 0 Å². The minimum absolute atomic E-state index is 0.00703. The Labute approximate surface area is 177 Å². The summed E-state index contributed by atoms with van der Waals surface area (Å²) in [6.45, 7) is 1.63. The van der Waals surface area contributed by atoms with Crippen LogP contribution in [-0.2, 0) is 18.3 Å². The van der Waals surface area contributed by atoms with Gasteiger partial charge in [-0.1, -0.05) is 6.07 Å². The highest BCUT2D eigenvalue weighted by Gasteiger charge is 2.32. The molecule has 7 nitrogen and oxygen atoms in total. The fourth-order valence-corrected chi connectivity index (χ4v) is 4.27. The molecule has 31 heavy (non-hydrogen) atoms. The molecule has 9 heteroatoms. The van der Waals surface area contributed by atoms with Crippen LogP contribution in [0.2, 0.25) is 0 Å².